The molecule has 3 aromatic rings. The second kappa shape index (κ2) is 9.57. The van der Waals surface area contributed by atoms with Gasteiger partial charge in [0, 0.05) is 18.3 Å². The SMILES string of the molecule is Cc1ccccc1OCCC(=O)N1CCOC(c2cccc(-c3ccc(N)nc3)n2)C1. The summed E-state index contributed by atoms with van der Waals surface area (Å²) in [5.41, 5.74) is 9.20. The predicted molar refractivity (Wildman–Crippen MR) is 118 cm³/mol. The van der Waals surface area contributed by atoms with E-state index in [-0.39, 0.29) is 12.0 Å². The third-order valence-electron chi connectivity index (χ3n) is 5.27. The van der Waals surface area contributed by atoms with Crippen molar-refractivity contribution in [3.8, 4) is 17.0 Å². The summed E-state index contributed by atoms with van der Waals surface area (Å²) in [4.78, 5) is 23.4. The van der Waals surface area contributed by atoms with E-state index in [2.05, 4.69) is 4.98 Å². The Hall–Kier alpha value is -3.45. The van der Waals surface area contributed by atoms with E-state index in [0.29, 0.717) is 38.5 Å². The Labute approximate surface area is 181 Å². The number of nitrogens with two attached hydrogens (primary N) is 1. The van der Waals surface area contributed by atoms with Gasteiger partial charge in [-0.25, -0.2) is 9.97 Å². The maximum absolute atomic E-state index is 12.7. The van der Waals surface area contributed by atoms with Crippen molar-refractivity contribution in [2.45, 2.75) is 19.4 Å². The molecule has 4 rings (SSSR count). The van der Waals surface area contributed by atoms with E-state index in [1.807, 2.05) is 60.4 Å². The van der Waals surface area contributed by atoms with E-state index in [1.54, 1.807) is 12.3 Å². The Kier molecular flexibility index (Phi) is 6.43. The molecule has 1 fully saturated rings. The average molecular weight is 418 g/mol. The van der Waals surface area contributed by atoms with Gasteiger partial charge in [0.15, 0.2) is 0 Å². The molecule has 0 saturated carbocycles. The van der Waals surface area contributed by atoms with Crippen LogP contribution in [0.1, 0.15) is 23.8 Å². The number of nitrogens with zero attached hydrogens (tertiary/aromatic N) is 3. The van der Waals surface area contributed by atoms with Gasteiger partial charge in [-0.05, 0) is 42.8 Å². The number of carbonyl (C=O) groups is 1. The van der Waals surface area contributed by atoms with Crippen molar-refractivity contribution in [2.75, 3.05) is 32.0 Å². The molecule has 1 aliphatic rings. The standard InChI is InChI=1S/C24H26N4O3/c1-17-5-2-3-8-21(17)30-13-11-24(29)28-12-14-31-22(16-28)20-7-4-6-19(27-20)18-9-10-23(25)26-15-18/h2-10,15,22H,11-14,16H2,1H3,(H2,25,26). The first-order chi connectivity index (χ1) is 15.1. The molecule has 7 heteroatoms. The fraction of sp³-hybridized carbons (Fsp3) is 0.292. The molecule has 3 heterocycles. The molecule has 1 aromatic carbocycles. The molecule has 1 atom stereocenters. The highest BCUT2D eigenvalue weighted by Gasteiger charge is 2.26. The van der Waals surface area contributed by atoms with Gasteiger partial charge < -0.3 is 20.1 Å². The number of carbonyl (C=O) groups excluding carboxylic acids is 1. The normalized spacial score (nSPS) is 16.2. The van der Waals surface area contributed by atoms with Crippen molar-refractivity contribution in [1.82, 2.24) is 14.9 Å². The highest BCUT2D eigenvalue weighted by atomic mass is 16.5. The van der Waals surface area contributed by atoms with Gasteiger partial charge in [0.1, 0.15) is 17.7 Å². The summed E-state index contributed by atoms with van der Waals surface area (Å²) in [6, 6.07) is 17.2. The Morgan fingerprint density at radius 2 is 2.06 bits per heavy atom. The molecule has 1 aliphatic heterocycles. The fourth-order valence-electron chi connectivity index (χ4n) is 3.53. The molecular formula is C24H26N4O3. The van der Waals surface area contributed by atoms with Gasteiger partial charge in [0.05, 0.1) is 37.6 Å². The number of aromatic nitrogens is 2. The molecule has 7 nitrogen and oxygen atoms in total. The number of anilines is 1. The summed E-state index contributed by atoms with van der Waals surface area (Å²) in [5.74, 6) is 1.34. The number of ether oxygens (including phenoxy) is 2. The molecule has 0 spiro atoms. The maximum atomic E-state index is 12.7. The number of morpholine rings is 1. The topological polar surface area (TPSA) is 90.6 Å². The molecule has 2 aromatic heterocycles. The van der Waals surface area contributed by atoms with Crippen molar-refractivity contribution >= 4 is 11.7 Å². The molecule has 1 amide bonds. The maximum Gasteiger partial charge on any atom is 0.226 e. The van der Waals surface area contributed by atoms with Crippen molar-refractivity contribution in [1.29, 1.82) is 0 Å². The largest absolute Gasteiger partial charge is 0.493 e. The molecule has 0 radical (unpaired) electrons. The number of hydrogen-bond donors (Lipinski definition) is 1. The van der Waals surface area contributed by atoms with Crippen LogP contribution in [-0.4, -0.2) is 47.1 Å². The van der Waals surface area contributed by atoms with Crippen LogP contribution in [0.2, 0.25) is 0 Å². The lowest BCUT2D eigenvalue weighted by Crippen LogP contribution is -2.42. The first kappa shape index (κ1) is 20.8. The molecule has 160 valence electrons. The number of amides is 1. The minimum atomic E-state index is -0.267. The minimum Gasteiger partial charge on any atom is -0.493 e. The van der Waals surface area contributed by atoms with Crippen molar-refractivity contribution in [3.63, 3.8) is 0 Å². The van der Waals surface area contributed by atoms with E-state index in [4.69, 9.17) is 20.2 Å². The Bertz CT molecular complexity index is 1040. The average Bonchev–Trinajstić information content (AvgIpc) is 2.81. The summed E-state index contributed by atoms with van der Waals surface area (Å²) in [7, 11) is 0. The Morgan fingerprint density at radius 1 is 1.19 bits per heavy atom. The van der Waals surface area contributed by atoms with E-state index < -0.39 is 0 Å². The fourth-order valence-corrected chi connectivity index (χ4v) is 3.53. The highest BCUT2D eigenvalue weighted by molar-refractivity contribution is 5.76. The number of aryl methyl sites for hydroxylation is 1. The Morgan fingerprint density at radius 3 is 2.87 bits per heavy atom. The smallest absolute Gasteiger partial charge is 0.226 e. The zero-order valence-corrected chi connectivity index (χ0v) is 17.5. The van der Waals surface area contributed by atoms with Crippen molar-refractivity contribution in [3.05, 3.63) is 72.1 Å². The number of pyridine rings is 2. The lowest BCUT2D eigenvalue weighted by Gasteiger charge is -2.33. The molecule has 1 saturated heterocycles. The summed E-state index contributed by atoms with van der Waals surface area (Å²) >= 11 is 0. The van der Waals surface area contributed by atoms with Crippen molar-refractivity contribution in [2.24, 2.45) is 0 Å². The van der Waals surface area contributed by atoms with Gasteiger partial charge in [-0.15, -0.1) is 0 Å². The van der Waals surface area contributed by atoms with Crippen molar-refractivity contribution < 1.29 is 14.3 Å². The van der Waals surface area contributed by atoms with Crippen LogP contribution in [0.25, 0.3) is 11.3 Å². The summed E-state index contributed by atoms with van der Waals surface area (Å²) < 4.78 is 11.7. The number of hydrogen-bond acceptors (Lipinski definition) is 6. The van der Waals surface area contributed by atoms with Gasteiger partial charge in [0.25, 0.3) is 0 Å². The minimum absolute atomic E-state index is 0.0563. The van der Waals surface area contributed by atoms with Crippen LogP contribution in [0, 0.1) is 6.92 Å². The van der Waals surface area contributed by atoms with Crippen LogP contribution in [-0.2, 0) is 9.53 Å². The first-order valence-corrected chi connectivity index (χ1v) is 10.4. The zero-order chi connectivity index (χ0) is 21.6. The molecule has 0 aliphatic carbocycles. The highest BCUT2D eigenvalue weighted by Crippen LogP contribution is 2.25. The summed E-state index contributed by atoms with van der Waals surface area (Å²) in [5, 5.41) is 0. The lowest BCUT2D eigenvalue weighted by molar-refractivity contribution is -0.139. The van der Waals surface area contributed by atoms with Gasteiger partial charge in [0.2, 0.25) is 5.91 Å². The van der Waals surface area contributed by atoms with Crippen LogP contribution < -0.4 is 10.5 Å². The second-order valence-corrected chi connectivity index (χ2v) is 7.48. The monoisotopic (exact) mass is 418 g/mol. The van der Waals surface area contributed by atoms with Crippen LogP contribution >= 0.6 is 0 Å². The quantitative estimate of drug-likeness (QED) is 0.660. The predicted octanol–water partition coefficient (Wildman–Crippen LogP) is 3.40. The third-order valence-corrected chi connectivity index (χ3v) is 5.27. The zero-order valence-electron chi connectivity index (χ0n) is 17.5. The van der Waals surface area contributed by atoms with Crippen LogP contribution in [0.15, 0.2) is 60.8 Å². The van der Waals surface area contributed by atoms with Gasteiger partial charge in [-0.2, -0.15) is 0 Å². The van der Waals surface area contributed by atoms with Gasteiger partial charge in [-0.1, -0.05) is 24.3 Å². The lowest BCUT2D eigenvalue weighted by atomic mass is 10.1. The van der Waals surface area contributed by atoms with E-state index in [0.717, 1.165) is 28.3 Å². The Balaban J connectivity index is 1.37. The molecular weight excluding hydrogens is 392 g/mol. The van der Waals surface area contributed by atoms with E-state index in [1.165, 1.54) is 0 Å². The second-order valence-electron chi connectivity index (χ2n) is 7.48. The van der Waals surface area contributed by atoms with Crippen LogP contribution in [0.3, 0.4) is 0 Å². The molecule has 31 heavy (non-hydrogen) atoms. The summed E-state index contributed by atoms with van der Waals surface area (Å²) in [6.45, 7) is 3.86. The van der Waals surface area contributed by atoms with Gasteiger partial charge in [-0.3, -0.25) is 4.79 Å². The number of benzene rings is 1. The number of para-hydroxylation sites is 1. The van der Waals surface area contributed by atoms with Crippen LogP contribution in [0.4, 0.5) is 5.82 Å². The molecule has 1 unspecified atom stereocenters. The number of rotatable bonds is 6. The molecule has 2 N–H and O–H groups in total. The van der Waals surface area contributed by atoms with E-state index >= 15 is 0 Å². The third kappa shape index (κ3) is 5.19. The van der Waals surface area contributed by atoms with Gasteiger partial charge >= 0.3 is 0 Å². The van der Waals surface area contributed by atoms with E-state index in [9.17, 15) is 4.79 Å². The first-order valence-electron chi connectivity index (χ1n) is 10.4. The summed E-state index contributed by atoms with van der Waals surface area (Å²) in [6.07, 6.45) is 1.76. The molecule has 0 bridgehead atoms. The number of nitrogen functional groups attached to an aromatic ring is 1. The van der Waals surface area contributed by atoms with Crippen LogP contribution in [0.5, 0.6) is 5.75 Å².